The molecule has 45 heteroatoms. The second kappa shape index (κ2) is 38.1. The molecule has 9 heterocycles. The molecule has 0 amide bonds. The molecule has 22 N–H and O–H groups in total. The van der Waals surface area contributed by atoms with Gasteiger partial charge in [-0.2, -0.15) is 0 Å². The molecule has 9 aliphatic heterocycles. The van der Waals surface area contributed by atoms with Crippen LogP contribution in [0, 0.1) is 56.2 Å². The van der Waals surface area contributed by atoms with Gasteiger partial charge >= 0.3 is 17.9 Å². The second-order valence-corrected chi connectivity index (χ2v) is 38.9. The van der Waals surface area contributed by atoms with Crippen LogP contribution in [0.1, 0.15) is 121 Å². The molecule has 726 valence electrons. The summed E-state index contributed by atoms with van der Waals surface area (Å²) in [6.07, 6.45) is -72.0. The average molecular weight is 1830 g/mol. The number of carbonyl (C=O) groups excluding carboxylic acids is 3. The van der Waals surface area contributed by atoms with Crippen molar-refractivity contribution in [1.29, 1.82) is 0 Å². The van der Waals surface area contributed by atoms with E-state index in [1.807, 2.05) is 13.8 Å². The number of esters is 2. The van der Waals surface area contributed by atoms with E-state index in [1.54, 1.807) is 6.92 Å². The Hall–Kier alpha value is -3.70. The van der Waals surface area contributed by atoms with Crippen LogP contribution >= 0.6 is 0 Å². The van der Waals surface area contributed by atoms with E-state index in [9.17, 15) is 127 Å². The van der Waals surface area contributed by atoms with Gasteiger partial charge in [0, 0.05) is 6.92 Å². The zero-order valence-electron chi connectivity index (χ0n) is 71.8. The molecule has 45 nitrogen and oxygen atoms in total. The summed E-state index contributed by atoms with van der Waals surface area (Å²) in [5, 5.41) is 246. The Labute approximate surface area is 729 Å². The third-order valence-corrected chi connectivity index (χ3v) is 30.6. The van der Waals surface area contributed by atoms with Crippen LogP contribution in [0.25, 0.3) is 0 Å². The largest absolute Gasteiger partial charge is 0.479 e. The van der Waals surface area contributed by atoms with Crippen LogP contribution in [0.15, 0.2) is 12.2 Å². The first-order valence-electron chi connectivity index (χ1n) is 43.6. The van der Waals surface area contributed by atoms with Gasteiger partial charge in [-0.3, -0.25) is 9.59 Å². The maximum Gasteiger partial charge on any atom is 0.335 e. The number of fused-ring (bicyclic) bond motifs is 7. The van der Waals surface area contributed by atoms with Crippen molar-refractivity contribution in [2.24, 2.45) is 56.2 Å². The van der Waals surface area contributed by atoms with Gasteiger partial charge < -0.3 is 207 Å². The van der Waals surface area contributed by atoms with E-state index in [0.29, 0.717) is 25.7 Å². The highest BCUT2D eigenvalue weighted by Gasteiger charge is 2.74. The molecule has 52 atom stereocenters. The Balaban J connectivity index is 0.742. The van der Waals surface area contributed by atoms with Gasteiger partial charge in [0.25, 0.3) is 0 Å². The number of aliphatic hydroxyl groups is 21. The summed E-state index contributed by atoms with van der Waals surface area (Å²) in [5.74, 6) is -5.95. The van der Waals surface area contributed by atoms with Crippen molar-refractivity contribution >= 4 is 24.2 Å². The predicted octanol–water partition coefficient (Wildman–Crippen LogP) is -8.61. The van der Waals surface area contributed by atoms with Gasteiger partial charge in [0.15, 0.2) is 68.6 Å². The van der Waals surface area contributed by atoms with Gasteiger partial charge in [-0.1, -0.05) is 53.7 Å². The molecule has 0 radical (unpaired) electrons. The van der Waals surface area contributed by atoms with Crippen molar-refractivity contribution in [2.45, 2.75) is 385 Å². The van der Waals surface area contributed by atoms with E-state index in [4.69, 9.17) is 90.0 Å². The van der Waals surface area contributed by atoms with Crippen LogP contribution in [-0.2, 0) is 109 Å². The summed E-state index contributed by atoms with van der Waals surface area (Å²) in [4.78, 5) is 56.5. The van der Waals surface area contributed by atoms with Gasteiger partial charge in [0.2, 0.25) is 6.29 Å². The van der Waals surface area contributed by atoms with Gasteiger partial charge in [0.05, 0.1) is 74.4 Å². The summed E-state index contributed by atoms with van der Waals surface area (Å²) >= 11 is 0. The van der Waals surface area contributed by atoms with Crippen molar-refractivity contribution in [3.8, 4) is 0 Å². The Morgan fingerprint density at radius 3 is 1.43 bits per heavy atom. The molecule has 5 aliphatic carbocycles. The molecule has 127 heavy (non-hydrogen) atoms. The normalized spacial score (nSPS) is 54.8. The molecule has 14 rings (SSSR count). The highest BCUT2D eigenvalue weighted by atomic mass is 16.8. The zero-order valence-corrected chi connectivity index (χ0v) is 71.8. The standard InChI is InChI=1S/C82H128O45/c1-27-57(119-70-55(104)60(36(89)25-112-70)121-67-48(97)42(91)33(86)22-109-67)47(96)52(101)71(113-27)125-64-53(102)58(120-73-56(105)62(59(29(3)114-73)116-30(4)85)123-69-50(99)44(93)35(88)24-111-69)28(2)115-74(64)127-76(108)82-18-17-77(5,6)19-32(82)31-11-12-39-78(7)15-14-41(79(8,26-84)38(78)13-16-80(39,9)81(31,10)20-40(82)90)118-75-65(126-72-51(100)46(95)45(94)37(21-83)117-72)61(54(103)63(124-75)66(106)107)122-68-49(98)43(92)34(87)23-110-68/h11-12,26-29,31-65,67-75,83,86-105H,13-25H2,1-10H3,(H,106,107). The fourth-order valence-electron chi connectivity index (χ4n) is 23.0. The maximum absolute atomic E-state index is 16.4. The smallest absolute Gasteiger partial charge is 0.335 e. The molecule has 0 aromatic carbocycles. The molecule has 0 bridgehead atoms. The Morgan fingerprint density at radius 1 is 0.409 bits per heavy atom. The molecule has 0 aromatic heterocycles. The van der Waals surface area contributed by atoms with E-state index in [0.717, 1.165) is 13.2 Å². The zero-order chi connectivity index (χ0) is 92.6. The summed E-state index contributed by atoms with van der Waals surface area (Å²) in [6, 6.07) is 0. The third-order valence-electron chi connectivity index (χ3n) is 30.6. The van der Waals surface area contributed by atoms with Gasteiger partial charge in [-0.25, -0.2) is 4.79 Å². The van der Waals surface area contributed by atoms with Crippen molar-refractivity contribution in [2.75, 3.05) is 33.0 Å². The van der Waals surface area contributed by atoms with E-state index < -0.39 is 371 Å². The first kappa shape index (κ1) is 99.3. The fraction of sp³-hybridized carbons (Fsp3) is 0.927. The van der Waals surface area contributed by atoms with Crippen LogP contribution in [0.2, 0.25) is 0 Å². The molecule has 9 saturated heterocycles. The monoisotopic (exact) mass is 1830 g/mol. The lowest BCUT2D eigenvalue weighted by atomic mass is 9.32. The van der Waals surface area contributed by atoms with E-state index in [-0.39, 0.29) is 25.7 Å². The lowest BCUT2D eigenvalue weighted by Gasteiger charge is -2.72. The number of allylic oxidation sites excluding steroid dienone is 2. The summed E-state index contributed by atoms with van der Waals surface area (Å²) in [5.41, 5.74) is -6.34. The second-order valence-electron chi connectivity index (χ2n) is 38.9. The lowest BCUT2D eigenvalue weighted by molar-refractivity contribution is -0.392. The van der Waals surface area contributed by atoms with Crippen molar-refractivity contribution < 1.29 is 222 Å². The quantitative estimate of drug-likeness (QED) is 0.0207. The minimum absolute atomic E-state index is 0.0212. The molecule has 14 aliphatic rings. The predicted molar refractivity (Wildman–Crippen MR) is 410 cm³/mol. The summed E-state index contributed by atoms with van der Waals surface area (Å²) < 4.78 is 115. The molecule has 13 fully saturated rings. The minimum atomic E-state index is -2.26. The van der Waals surface area contributed by atoms with Crippen LogP contribution in [0.5, 0.6) is 0 Å². The van der Waals surface area contributed by atoms with Gasteiger partial charge in [-0.15, -0.1) is 0 Å². The number of aliphatic carboxylic acids is 1. The summed E-state index contributed by atoms with van der Waals surface area (Å²) in [6.45, 7) is 14.0. The lowest BCUT2D eigenvalue weighted by Crippen LogP contribution is -2.70. The van der Waals surface area contributed by atoms with Crippen molar-refractivity contribution in [3.63, 3.8) is 0 Å². The van der Waals surface area contributed by atoms with Crippen LogP contribution in [-0.4, -0.2) is 434 Å². The molecule has 52 unspecified atom stereocenters. The molecule has 4 saturated carbocycles. The number of hydrogen-bond donors (Lipinski definition) is 22. The van der Waals surface area contributed by atoms with Crippen LogP contribution in [0.3, 0.4) is 0 Å². The number of aliphatic hydroxyl groups excluding tert-OH is 21. The minimum Gasteiger partial charge on any atom is -0.479 e. The van der Waals surface area contributed by atoms with E-state index >= 15 is 4.79 Å². The Bertz CT molecular complexity index is 3800. The van der Waals surface area contributed by atoms with Crippen LogP contribution < -0.4 is 0 Å². The highest BCUT2D eigenvalue weighted by Crippen LogP contribution is 2.76. The van der Waals surface area contributed by atoms with E-state index in [2.05, 4.69) is 32.9 Å². The topological polar surface area (TPSA) is 689 Å². The Kier molecular flexibility index (Phi) is 29.8. The number of hydrogen-bond acceptors (Lipinski definition) is 44. The van der Waals surface area contributed by atoms with Crippen molar-refractivity contribution in [1.82, 2.24) is 0 Å². The first-order valence-corrected chi connectivity index (χ1v) is 43.6. The fourth-order valence-corrected chi connectivity index (χ4v) is 23.0. The molecule has 0 spiro atoms. The number of ether oxygens (including phenoxy) is 19. The van der Waals surface area contributed by atoms with Gasteiger partial charge in [-0.05, 0) is 117 Å². The molecular weight excluding hydrogens is 1700 g/mol. The van der Waals surface area contributed by atoms with Crippen molar-refractivity contribution in [3.05, 3.63) is 12.2 Å². The number of aldehydes is 1. The first-order chi connectivity index (χ1) is 59.6. The van der Waals surface area contributed by atoms with Crippen LogP contribution in [0.4, 0.5) is 0 Å². The molecule has 0 aromatic rings. The SMILES string of the molecule is CC(=O)OC1C(C)OC(OC2C(C)OC(OC(=O)C34CCC(C)(C)CC3C3C=CC5C6(C)CCC(OC7OC(C(=O)O)C(O)C(OC8OCC(O)C(O)C8O)C7OC7OC(CO)C(O)C(O)C7O)C(C)(C=O)C6CCC5(C)C3(C)CC4O)C(OC3OC(C)C(OC4OCC(O)C(OC5OCC(O)C(O)C5O)C4O)C(O)C3O)C2O)C(O)C1OC1OCC(O)C(O)C1O. The van der Waals surface area contributed by atoms with E-state index in [1.165, 1.54) is 20.8 Å². The summed E-state index contributed by atoms with van der Waals surface area (Å²) in [7, 11) is 0. The Morgan fingerprint density at radius 2 is 0.874 bits per heavy atom. The highest BCUT2D eigenvalue weighted by molar-refractivity contribution is 5.79. The third kappa shape index (κ3) is 17.9. The van der Waals surface area contributed by atoms with Gasteiger partial charge in [0.1, 0.15) is 165 Å². The number of carboxylic acid groups (broad SMARTS) is 1. The number of carbonyl (C=O) groups is 4. The number of rotatable bonds is 22. The average Bonchev–Trinajstić information content (AvgIpc) is 0.668. The number of carboxylic acids is 1. The molecular formula is C82H128O45. The maximum atomic E-state index is 16.4.